The SMILES string of the molecule is O=C(c1ccc(Br)cc1F)N1CCCCC1C1CCCN1. The van der Waals surface area contributed by atoms with Gasteiger partial charge in [-0.15, -0.1) is 0 Å². The first-order valence-corrected chi connectivity index (χ1v) is 8.45. The number of nitrogens with zero attached hydrogens (tertiary/aromatic N) is 1. The molecule has 3 rings (SSSR count). The summed E-state index contributed by atoms with van der Waals surface area (Å²) in [5.74, 6) is -0.614. The molecular formula is C16H20BrFN2O. The molecule has 21 heavy (non-hydrogen) atoms. The Kier molecular flexibility index (Phi) is 4.60. The molecule has 114 valence electrons. The van der Waals surface area contributed by atoms with Crippen LogP contribution in [0.5, 0.6) is 0 Å². The molecule has 0 radical (unpaired) electrons. The van der Waals surface area contributed by atoms with Gasteiger partial charge in [-0.05, 0) is 56.8 Å². The van der Waals surface area contributed by atoms with Crippen molar-refractivity contribution in [3.05, 3.63) is 34.1 Å². The molecule has 1 N–H and O–H groups in total. The Bertz CT molecular complexity index is 531. The molecule has 2 fully saturated rings. The standard InChI is InChI=1S/C16H20BrFN2O/c17-11-6-7-12(13(18)10-11)16(21)20-9-2-1-5-15(20)14-4-3-8-19-14/h6-7,10,14-15,19H,1-5,8-9H2. The second-order valence-electron chi connectivity index (χ2n) is 5.89. The number of likely N-dealkylation sites (tertiary alicyclic amines) is 1. The van der Waals surface area contributed by atoms with Crippen LogP contribution in [0.2, 0.25) is 0 Å². The van der Waals surface area contributed by atoms with Gasteiger partial charge in [-0.25, -0.2) is 4.39 Å². The molecular weight excluding hydrogens is 335 g/mol. The third-order valence-electron chi connectivity index (χ3n) is 4.53. The molecule has 2 unspecified atom stereocenters. The normalized spacial score (nSPS) is 26.1. The molecule has 2 atom stereocenters. The highest BCUT2D eigenvalue weighted by Gasteiger charge is 2.35. The number of hydrogen-bond acceptors (Lipinski definition) is 2. The maximum absolute atomic E-state index is 14.1. The van der Waals surface area contributed by atoms with Gasteiger partial charge < -0.3 is 10.2 Å². The minimum absolute atomic E-state index is 0.168. The summed E-state index contributed by atoms with van der Waals surface area (Å²) in [7, 11) is 0. The number of amides is 1. The first kappa shape index (κ1) is 15.0. The van der Waals surface area contributed by atoms with Gasteiger partial charge in [0.1, 0.15) is 5.82 Å². The quantitative estimate of drug-likeness (QED) is 0.883. The molecule has 2 aliphatic rings. The monoisotopic (exact) mass is 354 g/mol. The molecule has 1 aromatic rings. The van der Waals surface area contributed by atoms with Gasteiger partial charge in [0.2, 0.25) is 0 Å². The molecule has 5 heteroatoms. The number of carbonyl (C=O) groups is 1. The number of nitrogens with one attached hydrogen (secondary N) is 1. The van der Waals surface area contributed by atoms with Crippen molar-refractivity contribution in [1.29, 1.82) is 0 Å². The molecule has 0 saturated carbocycles. The topological polar surface area (TPSA) is 32.3 Å². The van der Waals surface area contributed by atoms with Crippen molar-refractivity contribution in [3.63, 3.8) is 0 Å². The lowest BCUT2D eigenvalue weighted by atomic mass is 9.93. The molecule has 0 aliphatic carbocycles. The summed E-state index contributed by atoms with van der Waals surface area (Å²) in [4.78, 5) is 14.6. The average molecular weight is 355 g/mol. The lowest BCUT2D eigenvalue weighted by Gasteiger charge is -2.39. The first-order valence-electron chi connectivity index (χ1n) is 7.66. The van der Waals surface area contributed by atoms with Gasteiger partial charge >= 0.3 is 0 Å². The molecule has 1 amide bonds. The Balaban J connectivity index is 1.83. The molecule has 2 saturated heterocycles. The average Bonchev–Trinajstić information content (AvgIpc) is 3.01. The molecule has 1 aromatic carbocycles. The van der Waals surface area contributed by atoms with E-state index in [0.29, 0.717) is 10.5 Å². The lowest BCUT2D eigenvalue weighted by molar-refractivity contribution is 0.0559. The zero-order chi connectivity index (χ0) is 14.8. The van der Waals surface area contributed by atoms with Crippen LogP contribution in [0, 0.1) is 5.82 Å². The minimum Gasteiger partial charge on any atom is -0.334 e. The van der Waals surface area contributed by atoms with Gasteiger partial charge in [0.05, 0.1) is 5.56 Å². The van der Waals surface area contributed by atoms with Crippen LogP contribution < -0.4 is 5.32 Å². The van der Waals surface area contributed by atoms with Crippen LogP contribution in [0.4, 0.5) is 4.39 Å². The predicted octanol–water partition coefficient (Wildman–Crippen LogP) is 3.33. The smallest absolute Gasteiger partial charge is 0.257 e. The summed E-state index contributed by atoms with van der Waals surface area (Å²) in [6, 6.07) is 5.24. The Labute approximate surface area is 133 Å². The van der Waals surface area contributed by atoms with Crippen molar-refractivity contribution in [2.45, 2.75) is 44.2 Å². The van der Waals surface area contributed by atoms with Crippen LogP contribution >= 0.6 is 15.9 Å². The van der Waals surface area contributed by atoms with Gasteiger partial charge in [0, 0.05) is 23.1 Å². The van der Waals surface area contributed by atoms with Crippen molar-refractivity contribution < 1.29 is 9.18 Å². The van der Waals surface area contributed by atoms with Gasteiger partial charge in [-0.3, -0.25) is 4.79 Å². The van der Waals surface area contributed by atoms with E-state index in [1.165, 1.54) is 6.07 Å². The maximum Gasteiger partial charge on any atom is 0.257 e. The zero-order valence-corrected chi connectivity index (χ0v) is 13.5. The first-order chi connectivity index (χ1) is 10.2. The van der Waals surface area contributed by atoms with Crippen LogP contribution in [-0.2, 0) is 0 Å². The van der Waals surface area contributed by atoms with Crippen molar-refractivity contribution in [1.82, 2.24) is 10.2 Å². The summed E-state index contributed by atoms with van der Waals surface area (Å²) in [5, 5.41) is 3.49. The zero-order valence-electron chi connectivity index (χ0n) is 11.9. The number of carbonyl (C=O) groups excluding carboxylic acids is 1. The van der Waals surface area contributed by atoms with E-state index in [9.17, 15) is 9.18 Å². The Morgan fingerprint density at radius 3 is 2.86 bits per heavy atom. The van der Waals surface area contributed by atoms with Crippen molar-refractivity contribution in [2.24, 2.45) is 0 Å². The largest absolute Gasteiger partial charge is 0.334 e. The predicted molar refractivity (Wildman–Crippen MR) is 83.8 cm³/mol. The van der Waals surface area contributed by atoms with Gasteiger partial charge in [0.15, 0.2) is 0 Å². The van der Waals surface area contributed by atoms with Gasteiger partial charge in [0.25, 0.3) is 5.91 Å². The fraction of sp³-hybridized carbons (Fsp3) is 0.562. The van der Waals surface area contributed by atoms with Crippen molar-refractivity contribution in [2.75, 3.05) is 13.1 Å². The highest BCUT2D eigenvalue weighted by atomic mass is 79.9. The van der Waals surface area contributed by atoms with Crippen LogP contribution in [0.1, 0.15) is 42.5 Å². The molecule has 0 bridgehead atoms. The summed E-state index contributed by atoms with van der Waals surface area (Å²) >= 11 is 3.23. The second kappa shape index (κ2) is 6.44. The number of piperidine rings is 1. The van der Waals surface area contributed by atoms with Crippen LogP contribution in [0.25, 0.3) is 0 Å². The molecule has 2 heterocycles. The molecule has 0 aromatic heterocycles. The van der Waals surface area contributed by atoms with Gasteiger partial charge in [-0.2, -0.15) is 0 Å². The third-order valence-corrected chi connectivity index (χ3v) is 5.03. The Hall–Kier alpha value is -0.940. The summed E-state index contributed by atoms with van der Waals surface area (Å²) < 4.78 is 14.7. The summed E-state index contributed by atoms with van der Waals surface area (Å²) in [5.41, 5.74) is 0.183. The van der Waals surface area contributed by atoms with Crippen molar-refractivity contribution >= 4 is 21.8 Å². The molecule has 3 nitrogen and oxygen atoms in total. The molecule has 0 spiro atoms. The highest BCUT2D eigenvalue weighted by Crippen LogP contribution is 2.27. The summed E-state index contributed by atoms with van der Waals surface area (Å²) in [6.07, 6.45) is 5.44. The van der Waals surface area contributed by atoms with Gasteiger partial charge in [-0.1, -0.05) is 15.9 Å². The van der Waals surface area contributed by atoms with E-state index in [2.05, 4.69) is 21.2 Å². The number of hydrogen-bond donors (Lipinski definition) is 1. The maximum atomic E-state index is 14.1. The fourth-order valence-electron chi connectivity index (χ4n) is 3.49. The van der Waals surface area contributed by atoms with Crippen molar-refractivity contribution in [3.8, 4) is 0 Å². The third kappa shape index (κ3) is 3.14. The van der Waals surface area contributed by atoms with E-state index in [1.807, 2.05) is 4.90 Å². The number of halogens is 2. The van der Waals surface area contributed by atoms with E-state index < -0.39 is 5.82 Å². The summed E-state index contributed by atoms with van der Waals surface area (Å²) in [6.45, 7) is 1.76. The Morgan fingerprint density at radius 2 is 2.14 bits per heavy atom. The van der Waals surface area contributed by atoms with E-state index in [-0.39, 0.29) is 17.5 Å². The van der Waals surface area contributed by atoms with E-state index in [0.717, 1.165) is 45.2 Å². The highest BCUT2D eigenvalue weighted by molar-refractivity contribution is 9.10. The van der Waals surface area contributed by atoms with E-state index in [4.69, 9.17) is 0 Å². The number of rotatable bonds is 2. The lowest BCUT2D eigenvalue weighted by Crippen LogP contribution is -2.52. The van der Waals surface area contributed by atoms with Crippen LogP contribution in [-0.4, -0.2) is 36.0 Å². The van der Waals surface area contributed by atoms with Crippen LogP contribution in [0.15, 0.2) is 22.7 Å². The Morgan fingerprint density at radius 1 is 1.29 bits per heavy atom. The van der Waals surface area contributed by atoms with E-state index >= 15 is 0 Å². The molecule has 2 aliphatic heterocycles. The second-order valence-corrected chi connectivity index (χ2v) is 6.80. The van der Waals surface area contributed by atoms with Crippen LogP contribution in [0.3, 0.4) is 0 Å². The number of benzene rings is 1. The fourth-order valence-corrected chi connectivity index (χ4v) is 3.82. The minimum atomic E-state index is -0.446. The van der Waals surface area contributed by atoms with E-state index in [1.54, 1.807) is 12.1 Å².